The van der Waals surface area contributed by atoms with E-state index in [-0.39, 0.29) is 0 Å². The summed E-state index contributed by atoms with van der Waals surface area (Å²) in [6.45, 7) is 2.01. The standard InChI is InChI=1S/C11H11BrN2O/c1-2-11-14-10(6-15-11)7-3-4-8(12)9(13)5-7/h3-6H,2,13H2,1H3. The van der Waals surface area contributed by atoms with E-state index in [2.05, 4.69) is 20.9 Å². The molecule has 0 spiro atoms. The van der Waals surface area contributed by atoms with Crippen LogP contribution in [-0.2, 0) is 6.42 Å². The predicted molar refractivity (Wildman–Crippen MR) is 63.4 cm³/mol. The molecule has 1 aromatic heterocycles. The van der Waals surface area contributed by atoms with Gasteiger partial charge in [-0.25, -0.2) is 4.98 Å². The monoisotopic (exact) mass is 266 g/mol. The van der Waals surface area contributed by atoms with Crippen LogP contribution >= 0.6 is 15.9 Å². The lowest BCUT2D eigenvalue weighted by molar-refractivity contribution is 0.502. The maximum Gasteiger partial charge on any atom is 0.194 e. The van der Waals surface area contributed by atoms with E-state index in [1.807, 2.05) is 25.1 Å². The SMILES string of the molecule is CCc1nc(-c2ccc(Br)c(N)c2)co1. The molecule has 0 aliphatic rings. The number of nitrogen functional groups attached to an aromatic ring is 1. The number of aromatic nitrogens is 1. The molecule has 0 bridgehead atoms. The molecule has 0 unspecified atom stereocenters. The first-order chi connectivity index (χ1) is 7.20. The quantitative estimate of drug-likeness (QED) is 0.850. The Bertz CT molecular complexity index is 479. The summed E-state index contributed by atoms with van der Waals surface area (Å²) in [5.41, 5.74) is 8.29. The fourth-order valence-electron chi connectivity index (χ4n) is 1.31. The molecule has 0 radical (unpaired) electrons. The molecule has 0 saturated carbocycles. The van der Waals surface area contributed by atoms with Crippen molar-refractivity contribution in [3.8, 4) is 11.3 Å². The van der Waals surface area contributed by atoms with E-state index < -0.39 is 0 Å². The van der Waals surface area contributed by atoms with Crippen molar-refractivity contribution in [2.75, 3.05) is 5.73 Å². The first-order valence-corrected chi connectivity index (χ1v) is 5.50. The highest BCUT2D eigenvalue weighted by molar-refractivity contribution is 9.10. The first-order valence-electron chi connectivity index (χ1n) is 4.70. The van der Waals surface area contributed by atoms with Crippen LogP contribution in [0.1, 0.15) is 12.8 Å². The third kappa shape index (κ3) is 2.04. The summed E-state index contributed by atoms with van der Waals surface area (Å²) >= 11 is 3.35. The van der Waals surface area contributed by atoms with E-state index in [4.69, 9.17) is 10.2 Å². The van der Waals surface area contributed by atoms with E-state index in [9.17, 15) is 0 Å². The smallest absolute Gasteiger partial charge is 0.194 e. The van der Waals surface area contributed by atoms with Crippen LogP contribution in [0.25, 0.3) is 11.3 Å². The second kappa shape index (κ2) is 4.06. The van der Waals surface area contributed by atoms with Crippen molar-refractivity contribution >= 4 is 21.6 Å². The summed E-state index contributed by atoms with van der Waals surface area (Å²) in [5.74, 6) is 0.742. The molecule has 1 aromatic carbocycles. The molecule has 0 aliphatic carbocycles. The fraction of sp³-hybridized carbons (Fsp3) is 0.182. The van der Waals surface area contributed by atoms with Crippen LogP contribution in [0.4, 0.5) is 5.69 Å². The van der Waals surface area contributed by atoms with Crippen molar-refractivity contribution in [1.29, 1.82) is 0 Å². The zero-order chi connectivity index (χ0) is 10.8. The fourth-order valence-corrected chi connectivity index (χ4v) is 1.56. The molecule has 1 heterocycles. The topological polar surface area (TPSA) is 52.0 Å². The van der Waals surface area contributed by atoms with Gasteiger partial charge in [0.1, 0.15) is 12.0 Å². The molecule has 2 rings (SSSR count). The Hall–Kier alpha value is -1.29. The molecular weight excluding hydrogens is 256 g/mol. The molecule has 15 heavy (non-hydrogen) atoms. The van der Waals surface area contributed by atoms with Crippen LogP contribution in [0.5, 0.6) is 0 Å². The highest BCUT2D eigenvalue weighted by Crippen LogP contribution is 2.26. The zero-order valence-electron chi connectivity index (χ0n) is 8.33. The number of nitrogens with two attached hydrogens (primary N) is 1. The van der Waals surface area contributed by atoms with Gasteiger partial charge in [0.25, 0.3) is 0 Å². The van der Waals surface area contributed by atoms with E-state index in [0.717, 1.165) is 28.0 Å². The Morgan fingerprint density at radius 3 is 2.87 bits per heavy atom. The minimum Gasteiger partial charge on any atom is -0.448 e. The van der Waals surface area contributed by atoms with Crippen LogP contribution in [-0.4, -0.2) is 4.98 Å². The van der Waals surface area contributed by atoms with Gasteiger partial charge >= 0.3 is 0 Å². The highest BCUT2D eigenvalue weighted by Gasteiger charge is 2.06. The molecule has 0 amide bonds. The van der Waals surface area contributed by atoms with Crippen molar-refractivity contribution in [3.05, 3.63) is 34.8 Å². The number of hydrogen-bond acceptors (Lipinski definition) is 3. The molecule has 0 aliphatic heterocycles. The average Bonchev–Trinajstić information content (AvgIpc) is 2.70. The summed E-state index contributed by atoms with van der Waals surface area (Å²) < 4.78 is 6.17. The van der Waals surface area contributed by atoms with Crippen molar-refractivity contribution in [2.24, 2.45) is 0 Å². The Kier molecular flexibility index (Phi) is 2.77. The van der Waals surface area contributed by atoms with Crippen molar-refractivity contribution in [1.82, 2.24) is 4.98 Å². The second-order valence-corrected chi connectivity index (χ2v) is 4.07. The molecular formula is C11H11BrN2O. The van der Waals surface area contributed by atoms with E-state index >= 15 is 0 Å². The maximum atomic E-state index is 5.79. The first kappa shape index (κ1) is 10.2. The van der Waals surface area contributed by atoms with Gasteiger partial charge in [-0.15, -0.1) is 0 Å². The molecule has 0 fully saturated rings. The Morgan fingerprint density at radius 1 is 1.47 bits per heavy atom. The van der Waals surface area contributed by atoms with Crippen LogP contribution in [0.15, 0.2) is 33.4 Å². The van der Waals surface area contributed by atoms with E-state index in [1.165, 1.54) is 0 Å². The lowest BCUT2D eigenvalue weighted by Crippen LogP contribution is -1.88. The number of anilines is 1. The molecule has 0 saturated heterocycles. The van der Waals surface area contributed by atoms with Crippen LogP contribution in [0, 0.1) is 0 Å². The Labute approximate surface area is 96.4 Å². The molecule has 0 atom stereocenters. The zero-order valence-corrected chi connectivity index (χ0v) is 9.91. The van der Waals surface area contributed by atoms with Gasteiger partial charge in [0.15, 0.2) is 5.89 Å². The lowest BCUT2D eigenvalue weighted by atomic mass is 10.1. The average molecular weight is 267 g/mol. The third-order valence-electron chi connectivity index (χ3n) is 2.15. The number of halogens is 1. The summed E-state index contributed by atoms with van der Waals surface area (Å²) in [4.78, 5) is 4.33. The second-order valence-electron chi connectivity index (χ2n) is 3.22. The van der Waals surface area contributed by atoms with E-state index in [0.29, 0.717) is 5.69 Å². The van der Waals surface area contributed by atoms with Gasteiger partial charge in [0.2, 0.25) is 0 Å². The predicted octanol–water partition coefficient (Wildman–Crippen LogP) is 3.25. The van der Waals surface area contributed by atoms with Gasteiger partial charge in [-0.1, -0.05) is 13.0 Å². The summed E-state index contributed by atoms with van der Waals surface area (Å²) in [6.07, 6.45) is 2.45. The Morgan fingerprint density at radius 2 is 2.27 bits per heavy atom. The summed E-state index contributed by atoms with van der Waals surface area (Å²) in [5, 5.41) is 0. The van der Waals surface area contributed by atoms with Crippen molar-refractivity contribution in [2.45, 2.75) is 13.3 Å². The largest absolute Gasteiger partial charge is 0.448 e. The van der Waals surface area contributed by atoms with Crippen molar-refractivity contribution < 1.29 is 4.42 Å². The number of nitrogens with zero attached hydrogens (tertiary/aromatic N) is 1. The van der Waals surface area contributed by atoms with Gasteiger partial charge in [-0.3, -0.25) is 0 Å². The maximum absolute atomic E-state index is 5.79. The highest BCUT2D eigenvalue weighted by atomic mass is 79.9. The summed E-state index contributed by atoms with van der Waals surface area (Å²) in [6, 6.07) is 5.74. The number of oxazole rings is 1. The molecule has 78 valence electrons. The molecule has 2 aromatic rings. The summed E-state index contributed by atoms with van der Waals surface area (Å²) in [7, 11) is 0. The van der Waals surface area contributed by atoms with Crippen LogP contribution < -0.4 is 5.73 Å². The molecule has 2 N–H and O–H groups in total. The van der Waals surface area contributed by atoms with Gasteiger partial charge in [0.05, 0.1) is 0 Å². The normalized spacial score (nSPS) is 10.5. The van der Waals surface area contributed by atoms with Gasteiger partial charge in [0, 0.05) is 22.1 Å². The minimum atomic E-state index is 0.702. The number of aryl methyl sites for hydroxylation is 1. The van der Waals surface area contributed by atoms with Gasteiger partial charge in [-0.2, -0.15) is 0 Å². The van der Waals surface area contributed by atoms with Crippen molar-refractivity contribution in [3.63, 3.8) is 0 Å². The number of rotatable bonds is 2. The molecule has 3 nitrogen and oxygen atoms in total. The van der Waals surface area contributed by atoms with Gasteiger partial charge < -0.3 is 10.2 Å². The minimum absolute atomic E-state index is 0.702. The number of benzene rings is 1. The molecule has 4 heteroatoms. The third-order valence-corrected chi connectivity index (χ3v) is 2.87. The number of hydrogen-bond donors (Lipinski definition) is 1. The van der Waals surface area contributed by atoms with E-state index in [1.54, 1.807) is 6.26 Å². The lowest BCUT2D eigenvalue weighted by Gasteiger charge is -2.00. The Balaban J connectivity index is 2.40. The van der Waals surface area contributed by atoms with Crippen LogP contribution in [0.2, 0.25) is 0 Å². The van der Waals surface area contributed by atoms with Gasteiger partial charge in [-0.05, 0) is 28.1 Å². The van der Waals surface area contributed by atoms with Crippen LogP contribution in [0.3, 0.4) is 0 Å².